The minimum atomic E-state index is -1.15. The second kappa shape index (κ2) is 8.01. The molecule has 2 aromatic rings. The molecule has 8 nitrogen and oxygen atoms in total. The monoisotopic (exact) mass is 448 g/mol. The number of anilines is 2. The first-order valence-electron chi connectivity index (χ1n) is 10.5. The van der Waals surface area contributed by atoms with Crippen molar-refractivity contribution in [2.45, 2.75) is 54.9 Å². The van der Waals surface area contributed by atoms with Gasteiger partial charge in [0, 0.05) is 31.4 Å². The predicted molar refractivity (Wildman–Crippen MR) is 115 cm³/mol. The summed E-state index contributed by atoms with van der Waals surface area (Å²) in [5.74, 6) is 2.92. The van der Waals surface area contributed by atoms with Crippen LogP contribution in [0, 0.1) is 0 Å². The van der Waals surface area contributed by atoms with E-state index in [9.17, 15) is 9.32 Å². The van der Waals surface area contributed by atoms with E-state index in [0.717, 1.165) is 63.3 Å². The fourth-order valence-corrected chi connectivity index (χ4v) is 6.05. The van der Waals surface area contributed by atoms with Crippen molar-refractivity contribution in [1.29, 1.82) is 0 Å². The molecule has 0 bridgehead atoms. The van der Waals surface area contributed by atoms with Crippen LogP contribution in [0.4, 0.5) is 11.8 Å². The standard InChI is InChI=1S/C20H25ClN6O2S/c21-15-9-22-17(23-10-15)14-3-1-7-26(8-4-14)19-24-11-16-18(25-19)27(13-30(16)29)20(12-28)5-2-6-20/h9-11,14,28H,1-8,12-13H2/t14?,30-/m1/s1. The zero-order chi connectivity index (χ0) is 20.7. The maximum atomic E-state index is 12.6. The van der Waals surface area contributed by atoms with Crippen molar-refractivity contribution in [3.05, 3.63) is 29.4 Å². The highest BCUT2D eigenvalue weighted by Crippen LogP contribution is 2.44. The Kier molecular flexibility index (Phi) is 5.37. The molecule has 1 unspecified atom stereocenters. The molecule has 10 heteroatoms. The Labute approximate surface area is 183 Å². The minimum Gasteiger partial charge on any atom is -0.394 e. The van der Waals surface area contributed by atoms with Gasteiger partial charge in [-0.15, -0.1) is 0 Å². The minimum absolute atomic E-state index is 0.0649. The summed E-state index contributed by atoms with van der Waals surface area (Å²) in [6, 6.07) is 0. The molecule has 2 aromatic heterocycles. The zero-order valence-corrected chi connectivity index (χ0v) is 18.3. The summed E-state index contributed by atoms with van der Waals surface area (Å²) < 4.78 is 12.6. The van der Waals surface area contributed by atoms with Gasteiger partial charge in [0.2, 0.25) is 5.95 Å². The van der Waals surface area contributed by atoms with E-state index in [4.69, 9.17) is 16.6 Å². The normalized spacial score (nSPS) is 25.5. The number of halogens is 1. The quantitative estimate of drug-likeness (QED) is 0.762. The van der Waals surface area contributed by atoms with E-state index >= 15 is 0 Å². The van der Waals surface area contributed by atoms with Crippen LogP contribution in [0.2, 0.25) is 5.02 Å². The topological polar surface area (TPSA) is 95.3 Å². The Morgan fingerprint density at radius 2 is 1.93 bits per heavy atom. The molecule has 1 N–H and O–H groups in total. The van der Waals surface area contributed by atoms with Crippen LogP contribution in [0.3, 0.4) is 0 Å². The molecule has 0 spiro atoms. The largest absolute Gasteiger partial charge is 0.394 e. The molecule has 30 heavy (non-hydrogen) atoms. The molecular weight excluding hydrogens is 424 g/mol. The Balaban J connectivity index is 1.36. The molecule has 4 heterocycles. The van der Waals surface area contributed by atoms with E-state index < -0.39 is 10.8 Å². The third kappa shape index (κ3) is 3.46. The average Bonchev–Trinajstić information content (AvgIpc) is 2.91. The highest BCUT2D eigenvalue weighted by atomic mass is 35.5. The third-order valence-electron chi connectivity index (χ3n) is 6.64. The van der Waals surface area contributed by atoms with Crippen molar-refractivity contribution >= 4 is 34.2 Å². The Morgan fingerprint density at radius 1 is 1.13 bits per heavy atom. The van der Waals surface area contributed by atoms with Crippen molar-refractivity contribution < 1.29 is 9.32 Å². The van der Waals surface area contributed by atoms with E-state index in [1.165, 1.54) is 0 Å². The van der Waals surface area contributed by atoms with Gasteiger partial charge in [0.1, 0.15) is 16.6 Å². The Morgan fingerprint density at radius 3 is 2.63 bits per heavy atom. The van der Waals surface area contributed by atoms with E-state index in [-0.39, 0.29) is 12.1 Å². The summed E-state index contributed by atoms with van der Waals surface area (Å²) in [6.45, 7) is 1.73. The van der Waals surface area contributed by atoms with Gasteiger partial charge in [0.05, 0.1) is 34.2 Å². The van der Waals surface area contributed by atoms with E-state index in [0.29, 0.717) is 27.7 Å². The molecule has 160 valence electrons. The van der Waals surface area contributed by atoms with Crippen LogP contribution in [-0.2, 0) is 10.8 Å². The molecule has 1 aliphatic carbocycles. The molecule has 1 saturated carbocycles. The second-order valence-electron chi connectivity index (χ2n) is 8.37. The van der Waals surface area contributed by atoms with Gasteiger partial charge in [-0.1, -0.05) is 11.6 Å². The first kappa shape index (κ1) is 20.1. The zero-order valence-electron chi connectivity index (χ0n) is 16.7. The molecule has 0 amide bonds. The van der Waals surface area contributed by atoms with Crippen molar-refractivity contribution in [2.75, 3.05) is 35.4 Å². The number of aromatic nitrogens is 4. The highest BCUT2D eigenvalue weighted by Gasteiger charge is 2.47. The van der Waals surface area contributed by atoms with E-state index in [1.54, 1.807) is 18.6 Å². The lowest BCUT2D eigenvalue weighted by atomic mass is 9.76. The van der Waals surface area contributed by atoms with Crippen LogP contribution in [0.15, 0.2) is 23.5 Å². The third-order valence-corrected chi connectivity index (χ3v) is 8.10. The summed E-state index contributed by atoms with van der Waals surface area (Å²) in [5, 5.41) is 10.6. The van der Waals surface area contributed by atoms with Crippen LogP contribution in [0.5, 0.6) is 0 Å². The number of fused-ring (bicyclic) bond motifs is 1. The molecule has 0 aromatic carbocycles. The maximum absolute atomic E-state index is 12.6. The summed E-state index contributed by atoms with van der Waals surface area (Å²) in [5.41, 5.74) is -0.317. The lowest BCUT2D eigenvalue weighted by Gasteiger charge is -2.47. The van der Waals surface area contributed by atoms with Gasteiger partial charge in [-0.3, -0.25) is 4.21 Å². The van der Waals surface area contributed by atoms with E-state index in [1.807, 2.05) is 0 Å². The highest BCUT2D eigenvalue weighted by molar-refractivity contribution is 7.85. The molecule has 5 rings (SSSR count). The second-order valence-corrected chi connectivity index (χ2v) is 10.2. The van der Waals surface area contributed by atoms with Gasteiger partial charge in [0.25, 0.3) is 0 Å². The molecule has 2 atom stereocenters. The van der Waals surface area contributed by atoms with Crippen LogP contribution in [0.25, 0.3) is 0 Å². The SMILES string of the molecule is O=[S@@]1CN(C2(CO)CCC2)c2nc(N3CCCC(c4ncc(Cl)cn4)CC3)ncc21. The number of aliphatic hydroxyl groups is 1. The number of nitrogens with zero attached hydrogens (tertiary/aromatic N) is 6. The lowest BCUT2D eigenvalue weighted by Crippen LogP contribution is -2.56. The maximum Gasteiger partial charge on any atom is 0.227 e. The summed E-state index contributed by atoms with van der Waals surface area (Å²) in [6.07, 6.45) is 10.8. The van der Waals surface area contributed by atoms with Crippen LogP contribution in [0.1, 0.15) is 50.3 Å². The summed E-state index contributed by atoms with van der Waals surface area (Å²) in [7, 11) is -1.15. The van der Waals surface area contributed by atoms with Crippen LogP contribution >= 0.6 is 11.6 Å². The first-order valence-corrected chi connectivity index (χ1v) is 12.2. The first-order chi connectivity index (χ1) is 14.6. The molecule has 1 saturated heterocycles. The van der Waals surface area contributed by atoms with Crippen LogP contribution < -0.4 is 9.80 Å². The van der Waals surface area contributed by atoms with Gasteiger partial charge in [-0.25, -0.2) is 15.0 Å². The summed E-state index contributed by atoms with van der Waals surface area (Å²) >= 11 is 5.92. The molecule has 0 radical (unpaired) electrons. The fraction of sp³-hybridized carbons (Fsp3) is 0.600. The Bertz CT molecular complexity index is 949. The van der Waals surface area contributed by atoms with Crippen LogP contribution in [-0.4, -0.2) is 60.4 Å². The Hall–Kier alpha value is -1.84. The van der Waals surface area contributed by atoms with Gasteiger partial charge in [-0.05, 0) is 38.5 Å². The molecule has 2 fully saturated rings. The number of rotatable bonds is 4. The lowest BCUT2D eigenvalue weighted by molar-refractivity contribution is 0.119. The molecular formula is C20H25ClN6O2S. The number of hydrogen-bond acceptors (Lipinski definition) is 8. The number of hydrogen-bond donors (Lipinski definition) is 1. The molecule has 3 aliphatic rings. The molecule has 2 aliphatic heterocycles. The van der Waals surface area contributed by atoms with Gasteiger partial charge < -0.3 is 14.9 Å². The van der Waals surface area contributed by atoms with Crippen molar-refractivity contribution in [2.24, 2.45) is 0 Å². The fourth-order valence-electron chi connectivity index (χ4n) is 4.65. The van der Waals surface area contributed by atoms with Crippen molar-refractivity contribution in [3.63, 3.8) is 0 Å². The average molecular weight is 449 g/mol. The van der Waals surface area contributed by atoms with Gasteiger partial charge in [-0.2, -0.15) is 4.98 Å². The van der Waals surface area contributed by atoms with Crippen molar-refractivity contribution in [3.8, 4) is 0 Å². The van der Waals surface area contributed by atoms with E-state index in [2.05, 4.69) is 24.8 Å². The smallest absolute Gasteiger partial charge is 0.227 e. The van der Waals surface area contributed by atoms with Crippen molar-refractivity contribution in [1.82, 2.24) is 19.9 Å². The van der Waals surface area contributed by atoms with Gasteiger partial charge in [0.15, 0.2) is 5.82 Å². The predicted octanol–water partition coefficient (Wildman–Crippen LogP) is 2.49. The van der Waals surface area contributed by atoms with Gasteiger partial charge >= 0.3 is 0 Å². The summed E-state index contributed by atoms with van der Waals surface area (Å²) in [4.78, 5) is 23.1. The number of aliphatic hydroxyl groups excluding tert-OH is 1.